The van der Waals surface area contributed by atoms with Gasteiger partial charge in [0.2, 0.25) is 23.0 Å². The van der Waals surface area contributed by atoms with Crippen molar-refractivity contribution in [3.05, 3.63) is 75.8 Å². The number of pyridine rings is 1. The van der Waals surface area contributed by atoms with E-state index in [0.29, 0.717) is 66.7 Å². The van der Waals surface area contributed by atoms with Gasteiger partial charge in [0, 0.05) is 31.6 Å². The maximum absolute atomic E-state index is 13.5. The summed E-state index contributed by atoms with van der Waals surface area (Å²) in [6.45, 7) is 2.35. The van der Waals surface area contributed by atoms with Crippen molar-refractivity contribution in [2.24, 2.45) is 0 Å². The van der Waals surface area contributed by atoms with Crippen molar-refractivity contribution in [2.45, 2.75) is 58.0 Å². The van der Waals surface area contributed by atoms with Crippen LogP contribution in [0.15, 0.2) is 53.5 Å². The van der Waals surface area contributed by atoms with Crippen LogP contribution in [0.2, 0.25) is 0 Å². The Kier molecular flexibility index (Phi) is 10.4. The molecule has 5 rings (SSSR count). The summed E-state index contributed by atoms with van der Waals surface area (Å²) in [6.07, 6.45) is 5.80. The number of benzene rings is 1. The number of hydrogen-bond acceptors (Lipinski definition) is 9. The fraction of sp³-hybridized carbons (Fsp3) is 0.382. The van der Waals surface area contributed by atoms with E-state index in [-0.39, 0.29) is 23.3 Å². The minimum Gasteiger partial charge on any atom is -0.493 e. The fourth-order valence-electron chi connectivity index (χ4n) is 5.94. The number of unbranched alkanes of at least 4 members (excludes halogenated alkanes) is 2. The number of fused-ring (bicyclic) bond motifs is 4. The predicted octanol–water partition coefficient (Wildman–Crippen LogP) is 4.19. The molecule has 0 aliphatic heterocycles. The van der Waals surface area contributed by atoms with E-state index in [1.165, 1.54) is 6.92 Å². The van der Waals surface area contributed by atoms with Crippen molar-refractivity contribution in [2.75, 3.05) is 33.2 Å². The molecule has 0 spiro atoms. The second-order valence-corrected chi connectivity index (χ2v) is 11.2. The minimum absolute atomic E-state index is 0.0437. The van der Waals surface area contributed by atoms with Gasteiger partial charge < -0.3 is 30.2 Å². The SMILES string of the molecule is COc1cc2c(c(OC)c1OC)-c1ccc(NCCCCCC(=O)NCc3nnc4ccccn34)c(=O)cc1C(NC(C)=O)CC2. The zero-order chi connectivity index (χ0) is 32.6. The molecular formula is C34H40N6O6. The summed E-state index contributed by atoms with van der Waals surface area (Å²) in [7, 11) is 4.71. The van der Waals surface area contributed by atoms with E-state index in [9.17, 15) is 14.4 Å². The van der Waals surface area contributed by atoms with Gasteiger partial charge in [-0.2, -0.15) is 0 Å². The van der Waals surface area contributed by atoms with Crippen molar-refractivity contribution in [1.82, 2.24) is 25.2 Å². The van der Waals surface area contributed by atoms with E-state index in [1.807, 2.05) is 40.9 Å². The van der Waals surface area contributed by atoms with Gasteiger partial charge in [0.1, 0.15) is 0 Å². The number of carbonyl (C=O) groups excluding carboxylic acids is 2. The number of aromatic nitrogens is 3. The minimum atomic E-state index is -0.371. The van der Waals surface area contributed by atoms with Crippen molar-refractivity contribution in [1.29, 1.82) is 0 Å². The van der Waals surface area contributed by atoms with Crippen LogP contribution in [0.1, 0.15) is 62.0 Å². The zero-order valence-corrected chi connectivity index (χ0v) is 26.6. The van der Waals surface area contributed by atoms with Crippen LogP contribution in [0.5, 0.6) is 17.2 Å². The molecule has 3 N–H and O–H groups in total. The first-order valence-electron chi connectivity index (χ1n) is 15.4. The highest BCUT2D eigenvalue weighted by atomic mass is 16.5. The van der Waals surface area contributed by atoms with Gasteiger partial charge >= 0.3 is 0 Å². The van der Waals surface area contributed by atoms with Gasteiger partial charge in [-0.05, 0) is 72.7 Å². The van der Waals surface area contributed by atoms with Crippen LogP contribution < -0.4 is 35.6 Å². The number of nitrogens with one attached hydrogen (secondary N) is 3. The number of aryl methyl sites for hydroxylation is 1. The molecule has 242 valence electrons. The summed E-state index contributed by atoms with van der Waals surface area (Å²) in [5, 5.41) is 17.5. The second-order valence-electron chi connectivity index (χ2n) is 11.2. The number of amides is 2. The normalized spacial score (nSPS) is 13.6. The third kappa shape index (κ3) is 7.06. The molecule has 0 saturated carbocycles. The molecule has 1 aliphatic rings. The van der Waals surface area contributed by atoms with Crippen LogP contribution in [-0.2, 0) is 22.6 Å². The number of nitrogens with zero attached hydrogens (tertiary/aromatic N) is 3. The molecule has 0 radical (unpaired) electrons. The first-order chi connectivity index (χ1) is 22.3. The Labute approximate surface area is 267 Å². The highest BCUT2D eigenvalue weighted by Crippen LogP contribution is 2.50. The molecule has 2 heterocycles. The van der Waals surface area contributed by atoms with E-state index in [1.54, 1.807) is 33.5 Å². The maximum atomic E-state index is 13.5. The first kappa shape index (κ1) is 32.3. The van der Waals surface area contributed by atoms with Crippen LogP contribution >= 0.6 is 0 Å². The summed E-state index contributed by atoms with van der Waals surface area (Å²) in [4.78, 5) is 38.0. The van der Waals surface area contributed by atoms with Gasteiger partial charge in [0.25, 0.3) is 0 Å². The zero-order valence-electron chi connectivity index (χ0n) is 26.6. The predicted molar refractivity (Wildman–Crippen MR) is 174 cm³/mol. The number of anilines is 1. The quantitative estimate of drug-likeness (QED) is 0.186. The lowest BCUT2D eigenvalue weighted by molar-refractivity contribution is -0.121. The third-order valence-corrected chi connectivity index (χ3v) is 8.14. The summed E-state index contributed by atoms with van der Waals surface area (Å²) in [5.74, 6) is 1.97. The van der Waals surface area contributed by atoms with E-state index < -0.39 is 0 Å². The van der Waals surface area contributed by atoms with Gasteiger partial charge in [-0.3, -0.25) is 18.8 Å². The van der Waals surface area contributed by atoms with Gasteiger partial charge in [0.05, 0.1) is 39.6 Å². The van der Waals surface area contributed by atoms with Crippen LogP contribution in [0.3, 0.4) is 0 Å². The van der Waals surface area contributed by atoms with E-state index in [0.717, 1.165) is 41.6 Å². The Morgan fingerprint density at radius 1 is 0.978 bits per heavy atom. The average molecular weight is 629 g/mol. The molecule has 46 heavy (non-hydrogen) atoms. The first-order valence-corrected chi connectivity index (χ1v) is 15.4. The topological polar surface area (TPSA) is 145 Å². The lowest BCUT2D eigenvalue weighted by Gasteiger charge is -2.19. The Bertz CT molecular complexity index is 1790. The van der Waals surface area contributed by atoms with E-state index in [2.05, 4.69) is 26.1 Å². The van der Waals surface area contributed by atoms with Crippen LogP contribution in [0.4, 0.5) is 5.69 Å². The van der Waals surface area contributed by atoms with Crippen molar-refractivity contribution in [3.8, 4) is 28.4 Å². The number of ether oxygens (including phenoxy) is 3. The standard InChI is InChI=1S/C34H40N6O6/c1-21(41)37-25-14-12-22-18-28(44-2)33(45-3)34(46-4)32(22)23-13-15-26(27(42)19-24(23)25)35-16-8-5-6-11-31(43)36-20-30-39-38-29-10-7-9-17-40(29)30/h7,9-10,13,15,17-19,25H,5-6,8,11-12,14,16,20H2,1-4H3,(H,35,42)(H,36,43)(H,37,41). The molecule has 4 aromatic rings. The Hall–Kier alpha value is -5.13. The summed E-state index contributed by atoms with van der Waals surface area (Å²) < 4.78 is 18.9. The molecule has 0 fully saturated rings. The lowest BCUT2D eigenvalue weighted by atomic mass is 9.95. The van der Waals surface area contributed by atoms with Gasteiger partial charge in [-0.25, -0.2) is 0 Å². The lowest BCUT2D eigenvalue weighted by Crippen LogP contribution is -2.26. The van der Waals surface area contributed by atoms with Crippen molar-refractivity contribution in [3.63, 3.8) is 0 Å². The smallest absolute Gasteiger partial charge is 0.220 e. The number of hydrogen-bond donors (Lipinski definition) is 3. The summed E-state index contributed by atoms with van der Waals surface area (Å²) in [6, 6.07) is 12.5. The van der Waals surface area contributed by atoms with Crippen LogP contribution in [-0.4, -0.2) is 54.3 Å². The Morgan fingerprint density at radius 2 is 1.80 bits per heavy atom. The monoisotopic (exact) mass is 628 g/mol. The maximum Gasteiger partial charge on any atom is 0.220 e. The molecule has 2 aromatic heterocycles. The van der Waals surface area contributed by atoms with E-state index in [4.69, 9.17) is 14.2 Å². The highest BCUT2D eigenvalue weighted by molar-refractivity contribution is 5.83. The highest BCUT2D eigenvalue weighted by Gasteiger charge is 2.29. The second kappa shape index (κ2) is 14.8. The molecule has 0 bridgehead atoms. The number of carbonyl (C=O) groups is 2. The van der Waals surface area contributed by atoms with Crippen LogP contribution in [0.25, 0.3) is 16.8 Å². The third-order valence-electron chi connectivity index (χ3n) is 8.14. The van der Waals surface area contributed by atoms with Gasteiger partial charge in [0.15, 0.2) is 23.0 Å². The fourth-order valence-corrected chi connectivity index (χ4v) is 5.94. The number of rotatable bonds is 13. The van der Waals surface area contributed by atoms with E-state index >= 15 is 0 Å². The summed E-state index contributed by atoms with van der Waals surface area (Å²) in [5.41, 5.74) is 4.27. The largest absolute Gasteiger partial charge is 0.493 e. The molecule has 1 aliphatic carbocycles. The average Bonchev–Trinajstić information content (AvgIpc) is 3.33. The van der Waals surface area contributed by atoms with Gasteiger partial charge in [-0.15, -0.1) is 10.2 Å². The Balaban J connectivity index is 1.25. The molecule has 2 amide bonds. The molecule has 12 heteroatoms. The van der Waals surface area contributed by atoms with Crippen LogP contribution in [0, 0.1) is 0 Å². The molecule has 1 atom stereocenters. The number of methoxy groups -OCH3 is 3. The van der Waals surface area contributed by atoms with Crippen molar-refractivity contribution >= 4 is 23.1 Å². The summed E-state index contributed by atoms with van der Waals surface area (Å²) >= 11 is 0. The molecule has 1 unspecified atom stereocenters. The molecular weight excluding hydrogens is 588 g/mol. The molecule has 2 aromatic carbocycles. The Morgan fingerprint density at radius 3 is 2.57 bits per heavy atom. The van der Waals surface area contributed by atoms with Gasteiger partial charge in [-0.1, -0.05) is 18.6 Å². The molecule has 12 nitrogen and oxygen atoms in total. The van der Waals surface area contributed by atoms with Crippen molar-refractivity contribution < 1.29 is 23.8 Å². The molecule has 0 saturated heterocycles.